The van der Waals surface area contributed by atoms with Gasteiger partial charge in [0.25, 0.3) is 5.91 Å². The maximum atomic E-state index is 13.2. The van der Waals surface area contributed by atoms with E-state index in [1.807, 2.05) is 17.7 Å². The number of carbonyl (C=O) groups is 1. The number of carbonyl (C=O) groups excluding carboxylic acids is 1. The average Bonchev–Trinajstić information content (AvgIpc) is 3.58. The molecule has 0 bridgehead atoms. The number of pyridine rings is 1. The molecule has 1 fully saturated rings. The highest BCUT2D eigenvalue weighted by Gasteiger charge is 2.32. The third-order valence-electron chi connectivity index (χ3n) is 5.85. The van der Waals surface area contributed by atoms with Crippen molar-refractivity contribution in [2.24, 2.45) is 0 Å². The molecule has 1 aliphatic rings. The molecule has 172 valence electrons. The first kappa shape index (κ1) is 21.4. The fourth-order valence-electron chi connectivity index (χ4n) is 4.24. The van der Waals surface area contributed by atoms with E-state index < -0.39 is 9.84 Å². The Kier molecular flexibility index (Phi) is 5.49. The van der Waals surface area contributed by atoms with Crippen molar-refractivity contribution in [2.75, 3.05) is 18.1 Å². The van der Waals surface area contributed by atoms with E-state index in [1.165, 1.54) is 0 Å². The third kappa shape index (κ3) is 4.28. The van der Waals surface area contributed by atoms with Crippen molar-refractivity contribution in [3.8, 4) is 11.5 Å². The molecule has 1 amide bonds. The van der Waals surface area contributed by atoms with Gasteiger partial charge in [0.1, 0.15) is 5.69 Å². The lowest BCUT2D eigenvalue weighted by molar-refractivity contribution is 0.0954. The molecule has 0 spiro atoms. The van der Waals surface area contributed by atoms with Crippen LogP contribution >= 0.6 is 0 Å². The maximum absolute atomic E-state index is 13.2. The Balaban J connectivity index is 1.49. The lowest BCUT2D eigenvalue weighted by atomic mass is 10.1. The quantitative estimate of drug-likeness (QED) is 0.413. The first-order valence-corrected chi connectivity index (χ1v) is 12.6. The molecule has 1 N–H and O–H groups in total. The second kappa shape index (κ2) is 8.47. The van der Waals surface area contributed by atoms with Crippen LogP contribution in [0.5, 0.6) is 0 Å². The van der Waals surface area contributed by atoms with Gasteiger partial charge in [-0.1, -0.05) is 0 Å². The number of rotatable bonds is 7. The first-order chi connectivity index (χ1) is 15.9. The second-order valence-corrected chi connectivity index (χ2v) is 10.5. The Hall–Kier alpha value is -3.47. The van der Waals surface area contributed by atoms with Crippen LogP contribution in [0.1, 0.15) is 34.9 Å². The second-order valence-electron chi connectivity index (χ2n) is 8.23. The zero-order valence-electron chi connectivity index (χ0n) is 18.1. The van der Waals surface area contributed by atoms with E-state index >= 15 is 0 Å². The van der Waals surface area contributed by atoms with Crippen LogP contribution in [0.3, 0.4) is 0 Å². The zero-order chi connectivity index (χ0) is 23.0. The van der Waals surface area contributed by atoms with Gasteiger partial charge >= 0.3 is 0 Å². The number of imidazole rings is 1. The van der Waals surface area contributed by atoms with E-state index in [9.17, 15) is 13.2 Å². The Morgan fingerprint density at radius 2 is 2.24 bits per heavy atom. The molecule has 1 saturated heterocycles. The number of amides is 1. The van der Waals surface area contributed by atoms with Gasteiger partial charge in [-0.2, -0.15) is 5.10 Å². The largest absolute Gasteiger partial charge is 0.463 e. The smallest absolute Gasteiger partial charge is 0.252 e. The molecule has 4 aromatic heterocycles. The molecule has 0 radical (unpaired) electrons. The van der Waals surface area contributed by atoms with Crippen molar-refractivity contribution in [2.45, 2.75) is 32.4 Å². The predicted octanol–water partition coefficient (Wildman–Crippen LogP) is 2.38. The summed E-state index contributed by atoms with van der Waals surface area (Å²) in [7, 11) is -3.11. The molecular formula is C22H24N6O4S. The van der Waals surface area contributed by atoms with Gasteiger partial charge in [0, 0.05) is 25.5 Å². The van der Waals surface area contributed by atoms with Crippen LogP contribution in [-0.4, -0.2) is 56.7 Å². The number of hydrogen-bond acceptors (Lipinski definition) is 7. The maximum Gasteiger partial charge on any atom is 0.252 e. The number of sulfone groups is 1. The Morgan fingerprint density at radius 3 is 2.94 bits per heavy atom. The number of nitrogens with zero attached hydrogens (tertiary/aromatic N) is 5. The van der Waals surface area contributed by atoms with Crippen LogP contribution in [0, 0.1) is 6.92 Å². The van der Waals surface area contributed by atoms with Crippen molar-refractivity contribution in [1.82, 2.24) is 29.6 Å². The molecule has 1 aliphatic heterocycles. The molecule has 10 nitrogen and oxygen atoms in total. The minimum Gasteiger partial charge on any atom is -0.463 e. The molecular weight excluding hydrogens is 444 g/mol. The van der Waals surface area contributed by atoms with Gasteiger partial charge < -0.3 is 14.3 Å². The molecule has 5 rings (SSSR count). The highest BCUT2D eigenvalue weighted by molar-refractivity contribution is 7.91. The molecule has 1 atom stereocenters. The SMILES string of the molecule is Cc1nn([C@H]2CCS(=O)(=O)C2)c2nc(-c3ccco3)cc(C(=O)NCCCn3ccnc3)c12. The molecule has 0 aliphatic carbocycles. The van der Waals surface area contributed by atoms with E-state index in [1.54, 1.807) is 41.7 Å². The third-order valence-corrected chi connectivity index (χ3v) is 7.60. The highest BCUT2D eigenvalue weighted by Crippen LogP contribution is 2.32. The van der Waals surface area contributed by atoms with Crippen LogP contribution in [0.2, 0.25) is 0 Å². The lowest BCUT2D eigenvalue weighted by Crippen LogP contribution is -2.25. The van der Waals surface area contributed by atoms with Crippen molar-refractivity contribution in [1.29, 1.82) is 0 Å². The molecule has 0 unspecified atom stereocenters. The number of hydrogen-bond donors (Lipinski definition) is 1. The summed E-state index contributed by atoms with van der Waals surface area (Å²) in [5.74, 6) is 0.435. The van der Waals surface area contributed by atoms with Gasteiger partial charge in [-0.15, -0.1) is 0 Å². The van der Waals surface area contributed by atoms with Crippen LogP contribution in [0.25, 0.3) is 22.5 Å². The summed E-state index contributed by atoms with van der Waals surface area (Å²) >= 11 is 0. The van der Waals surface area contributed by atoms with Crippen LogP contribution < -0.4 is 5.32 Å². The Morgan fingerprint density at radius 1 is 1.36 bits per heavy atom. The summed E-state index contributed by atoms with van der Waals surface area (Å²) in [5, 5.41) is 8.21. The molecule has 4 aromatic rings. The van der Waals surface area contributed by atoms with Gasteiger partial charge in [0.05, 0.1) is 46.8 Å². The topological polar surface area (TPSA) is 125 Å². The summed E-state index contributed by atoms with van der Waals surface area (Å²) in [4.78, 5) is 22.0. The van der Waals surface area contributed by atoms with Gasteiger partial charge in [-0.25, -0.2) is 23.1 Å². The number of fused-ring (bicyclic) bond motifs is 1. The predicted molar refractivity (Wildman–Crippen MR) is 121 cm³/mol. The van der Waals surface area contributed by atoms with E-state index in [2.05, 4.69) is 15.4 Å². The number of nitrogens with one attached hydrogen (secondary N) is 1. The van der Waals surface area contributed by atoms with Crippen molar-refractivity contribution < 1.29 is 17.6 Å². The molecule has 33 heavy (non-hydrogen) atoms. The molecule has 11 heteroatoms. The number of furan rings is 1. The minimum absolute atomic E-state index is 0.0195. The fourth-order valence-corrected chi connectivity index (χ4v) is 5.94. The van der Waals surface area contributed by atoms with Gasteiger partial charge in [0.2, 0.25) is 0 Å². The van der Waals surface area contributed by atoms with E-state index in [0.29, 0.717) is 46.7 Å². The normalized spacial score (nSPS) is 17.5. The zero-order valence-corrected chi connectivity index (χ0v) is 19.0. The summed E-state index contributed by atoms with van der Waals surface area (Å²) in [6, 6.07) is 4.92. The van der Waals surface area contributed by atoms with E-state index in [4.69, 9.17) is 9.40 Å². The van der Waals surface area contributed by atoms with E-state index in [0.717, 1.165) is 13.0 Å². The average molecular weight is 469 g/mol. The standard InChI is InChI=1S/C22H24N6O4S/c1-15-20-17(22(29)24-6-3-8-27-9-7-23-14-27)12-18(19-4-2-10-32-19)25-21(20)28(26-15)16-5-11-33(30,31)13-16/h2,4,7,9-10,12,14,16H,3,5-6,8,11,13H2,1H3,(H,24,29)/t16-/m0/s1. The fraction of sp³-hybridized carbons (Fsp3) is 0.364. The molecule has 0 aromatic carbocycles. The first-order valence-electron chi connectivity index (χ1n) is 10.8. The lowest BCUT2D eigenvalue weighted by Gasteiger charge is -2.12. The highest BCUT2D eigenvalue weighted by atomic mass is 32.2. The summed E-state index contributed by atoms with van der Waals surface area (Å²) in [6.45, 7) is 3.05. The molecule has 0 saturated carbocycles. The number of aromatic nitrogens is 5. The Labute approximate surface area is 190 Å². The van der Waals surface area contributed by atoms with Crippen molar-refractivity contribution in [3.05, 3.63) is 54.4 Å². The summed E-state index contributed by atoms with van der Waals surface area (Å²) in [6.07, 6.45) is 8.11. The van der Waals surface area contributed by atoms with Crippen LogP contribution in [-0.2, 0) is 16.4 Å². The van der Waals surface area contributed by atoms with Crippen molar-refractivity contribution in [3.63, 3.8) is 0 Å². The van der Waals surface area contributed by atoms with Gasteiger partial charge in [-0.05, 0) is 38.0 Å². The van der Waals surface area contributed by atoms with Gasteiger partial charge in [0.15, 0.2) is 21.2 Å². The van der Waals surface area contributed by atoms with Crippen LogP contribution in [0.15, 0.2) is 47.6 Å². The summed E-state index contributed by atoms with van der Waals surface area (Å²) < 4.78 is 33.3. The van der Waals surface area contributed by atoms with E-state index in [-0.39, 0.29) is 23.5 Å². The van der Waals surface area contributed by atoms with Gasteiger partial charge in [-0.3, -0.25) is 4.79 Å². The monoisotopic (exact) mass is 468 g/mol. The molecule has 5 heterocycles. The Bertz CT molecular complexity index is 1390. The van der Waals surface area contributed by atoms with Crippen LogP contribution in [0.4, 0.5) is 0 Å². The summed E-state index contributed by atoms with van der Waals surface area (Å²) in [5.41, 5.74) is 2.07. The number of aryl methyl sites for hydroxylation is 2. The minimum atomic E-state index is -3.11. The van der Waals surface area contributed by atoms with Crippen molar-refractivity contribution >= 4 is 26.8 Å².